The van der Waals surface area contributed by atoms with Gasteiger partial charge in [-0.1, -0.05) is 17.7 Å². The molecule has 0 amide bonds. The second kappa shape index (κ2) is 4.58. The number of sulfonamides is 1. The Morgan fingerprint density at radius 2 is 1.89 bits per heavy atom. The Morgan fingerprint density at radius 1 is 1.21 bits per heavy atom. The van der Waals surface area contributed by atoms with Crippen molar-refractivity contribution in [3.63, 3.8) is 0 Å². The average molecular weight is 281 g/mol. The molecular weight excluding hydrogens is 262 g/mol. The molecule has 1 unspecified atom stereocenters. The van der Waals surface area contributed by atoms with Gasteiger partial charge in [-0.2, -0.15) is 4.31 Å². The lowest BCUT2D eigenvalue weighted by Crippen LogP contribution is -2.26. The number of rotatable bonds is 3. The summed E-state index contributed by atoms with van der Waals surface area (Å²) >= 11 is 0. The molecular formula is C14H19NO3S. The van der Waals surface area contributed by atoms with E-state index in [1.54, 1.807) is 23.5 Å². The first-order valence-electron chi connectivity index (χ1n) is 6.68. The van der Waals surface area contributed by atoms with Crippen molar-refractivity contribution in [3.05, 3.63) is 29.8 Å². The van der Waals surface area contributed by atoms with Crippen molar-refractivity contribution >= 4 is 10.0 Å². The maximum atomic E-state index is 12.6. The van der Waals surface area contributed by atoms with E-state index in [2.05, 4.69) is 0 Å². The van der Waals surface area contributed by atoms with Gasteiger partial charge in [-0.15, -0.1) is 0 Å². The van der Waals surface area contributed by atoms with Crippen molar-refractivity contribution in [2.75, 3.05) is 7.11 Å². The van der Waals surface area contributed by atoms with E-state index in [1.165, 1.54) is 0 Å². The number of aryl methyl sites for hydroxylation is 1. The summed E-state index contributed by atoms with van der Waals surface area (Å²) in [6.45, 7) is 1.95. The van der Waals surface area contributed by atoms with Gasteiger partial charge in [-0.25, -0.2) is 8.42 Å². The molecule has 4 atom stereocenters. The minimum absolute atomic E-state index is 0.0463. The van der Waals surface area contributed by atoms with Crippen LogP contribution in [0.25, 0.3) is 0 Å². The highest BCUT2D eigenvalue weighted by molar-refractivity contribution is 7.89. The van der Waals surface area contributed by atoms with Crippen LogP contribution in [0.4, 0.5) is 0 Å². The fraction of sp³-hybridized carbons (Fsp3) is 0.571. The first-order valence-corrected chi connectivity index (χ1v) is 8.12. The molecule has 1 aliphatic heterocycles. The zero-order valence-electron chi connectivity index (χ0n) is 11.2. The summed E-state index contributed by atoms with van der Waals surface area (Å²) in [5, 5.41) is 0. The lowest BCUT2D eigenvalue weighted by atomic mass is 9.98. The third kappa shape index (κ3) is 2.10. The van der Waals surface area contributed by atoms with Crippen LogP contribution in [0, 0.1) is 6.92 Å². The summed E-state index contributed by atoms with van der Waals surface area (Å²) in [6, 6.07) is 7.25. The monoisotopic (exact) mass is 281 g/mol. The fourth-order valence-electron chi connectivity index (χ4n) is 3.11. The van der Waals surface area contributed by atoms with Crippen molar-refractivity contribution in [2.24, 2.45) is 0 Å². The van der Waals surface area contributed by atoms with Gasteiger partial charge >= 0.3 is 0 Å². The first kappa shape index (κ1) is 13.1. The summed E-state index contributed by atoms with van der Waals surface area (Å²) < 4.78 is 32.3. The normalized spacial score (nSPS) is 33.8. The topological polar surface area (TPSA) is 46.4 Å². The molecule has 2 aliphatic rings. The van der Waals surface area contributed by atoms with Crippen LogP contribution in [0.5, 0.6) is 0 Å². The van der Waals surface area contributed by atoms with Crippen molar-refractivity contribution in [3.8, 4) is 0 Å². The molecule has 1 aromatic rings. The molecule has 1 saturated carbocycles. The first-order chi connectivity index (χ1) is 9.05. The Balaban J connectivity index is 1.88. The number of hydrogen-bond acceptors (Lipinski definition) is 3. The van der Waals surface area contributed by atoms with E-state index in [0.717, 1.165) is 24.8 Å². The van der Waals surface area contributed by atoms with E-state index >= 15 is 0 Å². The Labute approximate surface area is 114 Å². The van der Waals surface area contributed by atoms with Gasteiger partial charge in [-0.3, -0.25) is 0 Å². The van der Waals surface area contributed by atoms with Crippen LogP contribution >= 0.6 is 0 Å². The molecule has 0 aromatic heterocycles. The Morgan fingerprint density at radius 3 is 2.53 bits per heavy atom. The number of fused-ring (bicyclic) bond motifs is 1. The van der Waals surface area contributed by atoms with Gasteiger partial charge in [0.25, 0.3) is 0 Å². The van der Waals surface area contributed by atoms with Gasteiger partial charge in [0.2, 0.25) is 10.0 Å². The molecule has 0 bridgehead atoms. The van der Waals surface area contributed by atoms with Crippen molar-refractivity contribution in [2.45, 2.75) is 49.3 Å². The third-order valence-electron chi connectivity index (χ3n) is 4.19. The summed E-state index contributed by atoms with van der Waals surface area (Å²) in [7, 11) is -1.69. The molecule has 0 spiro atoms. The number of ether oxygens (including phenoxy) is 1. The van der Waals surface area contributed by atoms with Gasteiger partial charge in [-0.05, 0) is 38.3 Å². The third-order valence-corrected chi connectivity index (χ3v) is 6.13. The summed E-state index contributed by atoms with van der Waals surface area (Å²) in [5.74, 6) is 0. The maximum Gasteiger partial charge on any atom is 0.243 e. The number of nitrogens with zero attached hydrogens (tertiary/aromatic N) is 1. The Kier molecular flexibility index (Phi) is 3.15. The van der Waals surface area contributed by atoms with Gasteiger partial charge < -0.3 is 4.74 Å². The van der Waals surface area contributed by atoms with Gasteiger partial charge in [0, 0.05) is 13.2 Å². The summed E-state index contributed by atoms with van der Waals surface area (Å²) in [6.07, 6.45) is 3.01. The van der Waals surface area contributed by atoms with Gasteiger partial charge in [0.1, 0.15) is 0 Å². The molecule has 1 heterocycles. The van der Waals surface area contributed by atoms with Crippen LogP contribution in [0.1, 0.15) is 24.8 Å². The fourth-order valence-corrected chi connectivity index (χ4v) is 4.97. The molecule has 1 saturated heterocycles. The van der Waals surface area contributed by atoms with Crippen LogP contribution in [-0.4, -0.2) is 38.0 Å². The van der Waals surface area contributed by atoms with Gasteiger partial charge in [0.05, 0.1) is 17.0 Å². The zero-order chi connectivity index (χ0) is 13.6. The lowest BCUT2D eigenvalue weighted by molar-refractivity contribution is 0.0792. The maximum absolute atomic E-state index is 12.6. The molecule has 1 aromatic carbocycles. The van der Waals surface area contributed by atoms with Crippen molar-refractivity contribution in [1.82, 2.24) is 4.31 Å². The largest absolute Gasteiger partial charge is 0.380 e. The van der Waals surface area contributed by atoms with E-state index in [-0.39, 0.29) is 18.2 Å². The number of hydrogen-bond donors (Lipinski definition) is 0. The van der Waals surface area contributed by atoms with E-state index in [0.29, 0.717) is 4.90 Å². The molecule has 3 rings (SSSR count). The summed E-state index contributed by atoms with van der Waals surface area (Å²) in [4.78, 5) is 0.391. The minimum atomic E-state index is -3.35. The van der Waals surface area contributed by atoms with Crippen molar-refractivity contribution in [1.29, 1.82) is 0 Å². The summed E-state index contributed by atoms with van der Waals surface area (Å²) in [5.41, 5.74) is 1.07. The number of benzene rings is 1. The molecule has 0 radical (unpaired) electrons. The zero-order valence-corrected chi connectivity index (χ0v) is 12.1. The Bertz CT molecular complexity index is 567. The standard InChI is InChI=1S/C14H19NO3S/c1-10-6-8-11(9-7-10)19(16,17)15-12-4-3-5-13(18-2)14(12)15/h6-9,12-14H,3-5H2,1-2H3/t12-,13+,14-,15?/m0/s1. The van der Waals surface area contributed by atoms with Crippen molar-refractivity contribution < 1.29 is 13.2 Å². The smallest absolute Gasteiger partial charge is 0.243 e. The predicted octanol–water partition coefficient (Wildman–Crippen LogP) is 1.94. The second-order valence-electron chi connectivity index (χ2n) is 5.41. The van der Waals surface area contributed by atoms with Crippen LogP contribution in [0.15, 0.2) is 29.2 Å². The SMILES string of the molecule is CO[C@@H]1CCC[C@H]2[C@@H]1N2S(=O)(=O)c1ccc(C)cc1. The molecule has 2 fully saturated rings. The quantitative estimate of drug-likeness (QED) is 0.795. The highest BCUT2D eigenvalue weighted by Crippen LogP contribution is 2.45. The molecule has 104 valence electrons. The molecule has 19 heavy (non-hydrogen) atoms. The molecule has 5 heteroatoms. The average Bonchev–Trinajstić information content (AvgIpc) is 3.14. The van der Waals surface area contributed by atoms with Crippen LogP contribution < -0.4 is 0 Å². The molecule has 0 N–H and O–H groups in total. The van der Waals surface area contributed by atoms with E-state index in [4.69, 9.17) is 4.74 Å². The van der Waals surface area contributed by atoms with Crippen LogP contribution in [0.2, 0.25) is 0 Å². The van der Waals surface area contributed by atoms with E-state index in [9.17, 15) is 8.42 Å². The Hall–Kier alpha value is -0.910. The lowest BCUT2D eigenvalue weighted by Gasteiger charge is -2.17. The highest BCUT2D eigenvalue weighted by atomic mass is 32.2. The van der Waals surface area contributed by atoms with Gasteiger partial charge in [0.15, 0.2) is 0 Å². The minimum Gasteiger partial charge on any atom is -0.380 e. The van der Waals surface area contributed by atoms with Crippen LogP contribution in [-0.2, 0) is 14.8 Å². The van der Waals surface area contributed by atoms with E-state index < -0.39 is 10.0 Å². The van der Waals surface area contributed by atoms with Crippen LogP contribution in [0.3, 0.4) is 0 Å². The molecule has 4 nitrogen and oxygen atoms in total. The van der Waals surface area contributed by atoms with E-state index in [1.807, 2.05) is 19.1 Å². The highest BCUT2D eigenvalue weighted by Gasteiger charge is 2.60. The second-order valence-corrected chi connectivity index (χ2v) is 7.25. The molecule has 1 aliphatic carbocycles. The predicted molar refractivity (Wildman–Crippen MR) is 72.4 cm³/mol. The number of methoxy groups -OCH3 is 1.